The van der Waals surface area contributed by atoms with Crippen LogP contribution in [0, 0.1) is 0 Å². The smallest absolute Gasteiger partial charge is 0.337 e. The SMILES string of the molecule is CC[C@@H](CC(=O)CP(=O)(OC)OC)c1c[nH]c2ccc(Br)cc12. The van der Waals surface area contributed by atoms with Crippen LogP contribution in [0.2, 0.25) is 0 Å². The molecule has 0 saturated heterocycles. The van der Waals surface area contributed by atoms with Gasteiger partial charge in [-0.15, -0.1) is 0 Å². The monoisotopic (exact) mass is 401 g/mol. The summed E-state index contributed by atoms with van der Waals surface area (Å²) in [4.78, 5) is 15.5. The maximum absolute atomic E-state index is 12.3. The minimum absolute atomic E-state index is 0.0627. The van der Waals surface area contributed by atoms with Gasteiger partial charge >= 0.3 is 7.60 Å². The highest BCUT2D eigenvalue weighted by Gasteiger charge is 2.27. The van der Waals surface area contributed by atoms with E-state index in [1.807, 2.05) is 31.3 Å². The molecule has 0 amide bonds. The van der Waals surface area contributed by atoms with E-state index in [9.17, 15) is 9.36 Å². The van der Waals surface area contributed by atoms with E-state index < -0.39 is 7.60 Å². The lowest BCUT2D eigenvalue weighted by atomic mass is 9.91. The van der Waals surface area contributed by atoms with E-state index in [0.29, 0.717) is 6.42 Å². The average Bonchev–Trinajstić information content (AvgIpc) is 2.95. The molecule has 1 atom stereocenters. The molecule has 0 spiro atoms. The summed E-state index contributed by atoms with van der Waals surface area (Å²) in [5, 5.41) is 1.10. The number of Topliss-reactive ketones (excluding diaryl/α,β-unsaturated/α-hetero) is 1. The van der Waals surface area contributed by atoms with Crippen LogP contribution in [0.25, 0.3) is 10.9 Å². The summed E-state index contributed by atoms with van der Waals surface area (Å²) in [6.07, 6.45) is 2.88. The molecule has 1 N–H and O–H groups in total. The van der Waals surface area contributed by atoms with Crippen molar-refractivity contribution in [1.29, 1.82) is 0 Å². The predicted molar refractivity (Wildman–Crippen MR) is 95.1 cm³/mol. The van der Waals surface area contributed by atoms with Gasteiger partial charge in [0.25, 0.3) is 0 Å². The minimum atomic E-state index is -3.30. The van der Waals surface area contributed by atoms with Crippen LogP contribution >= 0.6 is 23.5 Å². The largest absolute Gasteiger partial charge is 0.361 e. The van der Waals surface area contributed by atoms with Crippen LogP contribution in [-0.2, 0) is 18.4 Å². The van der Waals surface area contributed by atoms with Crippen molar-refractivity contribution in [3.8, 4) is 0 Å². The second kappa shape index (κ2) is 7.75. The van der Waals surface area contributed by atoms with Crippen LogP contribution in [0.1, 0.15) is 31.2 Å². The Labute approximate surface area is 144 Å². The zero-order valence-corrected chi connectivity index (χ0v) is 15.9. The van der Waals surface area contributed by atoms with Gasteiger partial charge in [0.05, 0.1) is 0 Å². The van der Waals surface area contributed by atoms with Gasteiger partial charge in [0, 0.05) is 42.2 Å². The number of aromatic nitrogens is 1. The number of halogens is 1. The van der Waals surface area contributed by atoms with Crippen LogP contribution in [0.5, 0.6) is 0 Å². The molecule has 1 heterocycles. The molecule has 0 saturated carbocycles. The van der Waals surface area contributed by atoms with Crippen LogP contribution in [0.4, 0.5) is 0 Å². The zero-order chi connectivity index (χ0) is 17.0. The van der Waals surface area contributed by atoms with Crippen LogP contribution in [0.15, 0.2) is 28.9 Å². The Morgan fingerprint density at radius 1 is 1.35 bits per heavy atom. The molecule has 0 aliphatic carbocycles. The Bertz CT molecular complexity index is 735. The fraction of sp³-hybridized carbons (Fsp3) is 0.438. The van der Waals surface area contributed by atoms with Gasteiger partial charge in [-0.25, -0.2) is 0 Å². The Hall–Kier alpha value is -0.940. The maximum Gasteiger partial charge on any atom is 0.337 e. The number of carbonyl (C=O) groups excluding carboxylic acids is 1. The molecule has 23 heavy (non-hydrogen) atoms. The summed E-state index contributed by atoms with van der Waals surface area (Å²) in [6, 6.07) is 6.02. The highest BCUT2D eigenvalue weighted by atomic mass is 79.9. The summed E-state index contributed by atoms with van der Waals surface area (Å²) in [5.41, 5.74) is 2.13. The standard InChI is InChI=1S/C16H21BrNO4P/c1-4-11(7-13(19)10-23(20,21-2)22-3)15-9-18-16-6-5-12(17)8-14(15)16/h5-6,8-9,11,18H,4,7,10H2,1-3H3/t11-/m0/s1. The first kappa shape index (κ1) is 18.4. The Balaban J connectivity index is 2.20. The number of fused-ring (bicyclic) bond motifs is 1. The third-order valence-corrected chi connectivity index (χ3v) is 6.35. The van der Waals surface area contributed by atoms with Crippen molar-refractivity contribution in [1.82, 2.24) is 4.98 Å². The van der Waals surface area contributed by atoms with E-state index in [1.165, 1.54) is 14.2 Å². The molecule has 1 aromatic carbocycles. The fourth-order valence-corrected chi connectivity index (χ4v) is 4.01. The van der Waals surface area contributed by atoms with Crippen molar-refractivity contribution < 1.29 is 18.4 Å². The second-order valence-electron chi connectivity index (χ2n) is 5.42. The molecule has 0 unspecified atom stereocenters. The van der Waals surface area contributed by atoms with Gasteiger partial charge in [-0.2, -0.15) is 0 Å². The molecule has 0 radical (unpaired) electrons. The number of carbonyl (C=O) groups is 1. The molecule has 0 fully saturated rings. The Morgan fingerprint density at radius 2 is 2.04 bits per heavy atom. The van der Waals surface area contributed by atoms with Crippen LogP contribution in [0.3, 0.4) is 0 Å². The summed E-state index contributed by atoms with van der Waals surface area (Å²) >= 11 is 3.48. The van der Waals surface area contributed by atoms with Crippen molar-refractivity contribution in [3.05, 3.63) is 34.4 Å². The van der Waals surface area contributed by atoms with Gasteiger partial charge in [-0.1, -0.05) is 22.9 Å². The number of H-pyrrole nitrogens is 1. The van der Waals surface area contributed by atoms with Gasteiger partial charge in [-0.05, 0) is 36.1 Å². The first-order valence-electron chi connectivity index (χ1n) is 7.41. The number of hydrogen-bond donors (Lipinski definition) is 1. The summed E-state index contributed by atoms with van der Waals surface area (Å²) in [5.74, 6) is -0.0547. The molecular formula is C16H21BrNO4P. The highest BCUT2D eigenvalue weighted by molar-refractivity contribution is 9.10. The molecule has 2 rings (SSSR count). The van der Waals surface area contributed by atoms with Gasteiger partial charge < -0.3 is 14.0 Å². The molecule has 1 aromatic heterocycles. The van der Waals surface area contributed by atoms with E-state index in [1.54, 1.807) is 0 Å². The van der Waals surface area contributed by atoms with Crippen LogP contribution < -0.4 is 0 Å². The topological polar surface area (TPSA) is 68.4 Å². The Kier molecular flexibility index (Phi) is 6.20. The summed E-state index contributed by atoms with van der Waals surface area (Å²) in [6.45, 7) is 2.04. The number of rotatable bonds is 8. The number of nitrogens with one attached hydrogen (secondary N) is 1. The number of ketones is 1. The maximum atomic E-state index is 12.3. The Morgan fingerprint density at radius 3 is 2.65 bits per heavy atom. The first-order valence-corrected chi connectivity index (χ1v) is 9.93. The summed E-state index contributed by atoms with van der Waals surface area (Å²) < 4.78 is 22.8. The number of hydrogen-bond acceptors (Lipinski definition) is 4. The van der Waals surface area contributed by atoms with E-state index in [4.69, 9.17) is 9.05 Å². The quantitative estimate of drug-likeness (QED) is 0.640. The van der Waals surface area contributed by atoms with Gasteiger partial charge in [0.1, 0.15) is 11.9 Å². The number of benzene rings is 1. The molecule has 2 aromatic rings. The van der Waals surface area contributed by atoms with Gasteiger partial charge in [0.15, 0.2) is 0 Å². The van der Waals surface area contributed by atoms with Crippen molar-refractivity contribution in [3.63, 3.8) is 0 Å². The molecule has 0 aliphatic heterocycles. The molecule has 0 bridgehead atoms. The highest BCUT2D eigenvalue weighted by Crippen LogP contribution is 2.46. The number of aromatic amines is 1. The molecular weight excluding hydrogens is 381 g/mol. The first-order chi connectivity index (χ1) is 10.9. The van der Waals surface area contributed by atoms with Crippen LogP contribution in [-0.4, -0.2) is 31.1 Å². The lowest BCUT2D eigenvalue weighted by molar-refractivity contribution is -0.117. The lowest BCUT2D eigenvalue weighted by Gasteiger charge is -2.16. The lowest BCUT2D eigenvalue weighted by Crippen LogP contribution is -2.12. The predicted octanol–water partition coefficient (Wildman–Crippen LogP) is 4.87. The van der Waals surface area contributed by atoms with E-state index >= 15 is 0 Å². The molecule has 126 valence electrons. The van der Waals surface area contributed by atoms with E-state index in [2.05, 4.69) is 20.9 Å². The van der Waals surface area contributed by atoms with Crippen molar-refractivity contribution in [2.75, 3.05) is 20.4 Å². The summed E-state index contributed by atoms with van der Waals surface area (Å²) in [7, 11) is -0.706. The molecule has 7 heteroatoms. The van der Waals surface area contributed by atoms with E-state index in [-0.39, 0.29) is 17.9 Å². The fourth-order valence-electron chi connectivity index (χ4n) is 2.69. The van der Waals surface area contributed by atoms with Crippen molar-refractivity contribution in [2.45, 2.75) is 25.7 Å². The van der Waals surface area contributed by atoms with Crippen molar-refractivity contribution in [2.24, 2.45) is 0 Å². The van der Waals surface area contributed by atoms with Gasteiger partial charge in [-0.3, -0.25) is 9.36 Å². The third kappa shape index (κ3) is 4.32. The molecule has 0 aliphatic rings. The van der Waals surface area contributed by atoms with E-state index in [0.717, 1.165) is 27.4 Å². The minimum Gasteiger partial charge on any atom is -0.361 e. The van der Waals surface area contributed by atoms with Gasteiger partial charge in [0.2, 0.25) is 0 Å². The average molecular weight is 402 g/mol. The normalized spacial score (nSPS) is 13.4. The second-order valence-corrected chi connectivity index (χ2v) is 8.60. The third-order valence-electron chi connectivity index (χ3n) is 4.01. The molecule has 5 nitrogen and oxygen atoms in total. The van der Waals surface area contributed by atoms with Crippen molar-refractivity contribution >= 4 is 40.2 Å². The zero-order valence-electron chi connectivity index (χ0n) is 13.5.